The summed E-state index contributed by atoms with van der Waals surface area (Å²) in [5, 5.41) is 0. The molecule has 0 aliphatic heterocycles. The number of rotatable bonds is 4. The zero-order valence-corrected chi connectivity index (χ0v) is 11.5. The van der Waals surface area contributed by atoms with Gasteiger partial charge in [0.25, 0.3) is 0 Å². The van der Waals surface area contributed by atoms with Crippen molar-refractivity contribution >= 4 is 17.4 Å². The molecule has 0 unspecified atom stereocenters. The molecule has 3 heteroatoms. The van der Waals surface area contributed by atoms with E-state index in [2.05, 4.69) is 30.5 Å². The van der Waals surface area contributed by atoms with Gasteiger partial charge >= 0.3 is 0 Å². The van der Waals surface area contributed by atoms with Crippen LogP contribution in [0.4, 0.5) is 5.69 Å². The van der Waals surface area contributed by atoms with Crippen molar-refractivity contribution in [1.29, 1.82) is 0 Å². The normalized spacial score (nSPS) is 10.3. The fourth-order valence-corrected chi connectivity index (χ4v) is 2.13. The molecule has 0 aliphatic rings. The van der Waals surface area contributed by atoms with Gasteiger partial charge in [-0.15, -0.1) is 11.8 Å². The van der Waals surface area contributed by atoms with Gasteiger partial charge in [0.05, 0.1) is 0 Å². The van der Waals surface area contributed by atoms with Gasteiger partial charge in [0, 0.05) is 10.6 Å². The monoisotopic (exact) mass is 259 g/mol. The highest BCUT2D eigenvalue weighted by atomic mass is 32.2. The molecular weight excluding hydrogens is 242 g/mol. The minimum Gasteiger partial charge on any atom is -0.489 e. The molecule has 94 valence electrons. The van der Waals surface area contributed by atoms with Crippen LogP contribution >= 0.6 is 11.8 Å². The molecule has 0 atom stereocenters. The van der Waals surface area contributed by atoms with E-state index in [4.69, 9.17) is 10.5 Å². The predicted molar refractivity (Wildman–Crippen MR) is 78.1 cm³/mol. The maximum Gasteiger partial charge on any atom is 0.122 e. The topological polar surface area (TPSA) is 35.2 Å². The standard InChI is InChI=1S/C15H17NOS/c1-11-9-13(16)5-8-15(11)17-10-12-3-6-14(18-2)7-4-12/h3-9H,10,16H2,1-2H3. The van der Waals surface area contributed by atoms with E-state index in [1.807, 2.05) is 25.1 Å². The van der Waals surface area contributed by atoms with Crippen LogP contribution < -0.4 is 10.5 Å². The Kier molecular flexibility index (Phi) is 4.15. The molecule has 0 saturated carbocycles. The van der Waals surface area contributed by atoms with Gasteiger partial charge < -0.3 is 10.5 Å². The second-order valence-corrected chi connectivity index (χ2v) is 5.04. The molecule has 2 N–H and O–H groups in total. The molecule has 2 aromatic carbocycles. The number of nitrogens with two attached hydrogens (primary N) is 1. The molecule has 0 heterocycles. The van der Waals surface area contributed by atoms with Crippen LogP contribution in [0.5, 0.6) is 5.75 Å². The summed E-state index contributed by atoms with van der Waals surface area (Å²) in [5.41, 5.74) is 8.71. The molecule has 0 fully saturated rings. The highest BCUT2D eigenvalue weighted by Crippen LogP contribution is 2.22. The number of anilines is 1. The Morgan fingerprint density at radius 2 is 1.83 bits per heavy atom. The third-order valence-electron chi connectivity index (χ3n) is 2.75. The average molecular weight is 259 g/mol. The average Bonchev–Trinajstić information content (AvgIpc) is 2.38. The van der Waals surface area contributed by atoms with Crippen molar-refractivity contribution in [2.45, 2.75) is 18.4 Å². The Balaban J connectivity index is 2.02. The molecular formula is C15H17NOS. The Hall–Kier alpha value is -1.61. The van der Waals surface area contributed by atoms with E-state index >= 15 is 0 Å². The number of ether oxygens (including phenoxy) is 1. The maximum atomic E-state index is 5.79. The lowest BCUT2D eigenvalue weighted by Gasteiger charge is -2.10. The van der Waals surface area contributed by atoms with E-state index in [-0.39, 0.29) is 0 Å². The van der Waals surface area contributed by atoms with Gasteiger partial charge in [0.2, 0.25) is 0 Å². The van der Waals surface area contributed by atoms with Crippen molar-refractivity contribution < 1.29 is 4.74 Å². The van der Waals surface area contributed by atoms with Gasteiger partial charge in [0.1, 0.15) is 12.4 Å². The number of aryl methyl sites for hydroxylation is 1. The lowest BCUT2D eigenvalue weighted by molar-refractivity contribution is 0.304. The summed E-state index contributed by atoms with van der Waals surface area (Å²) in [6.45, 7) is 2.59. The maximum absolute atomic E-state index is 5.79. The summed E-state index contributed by atoms with van der Waals surface area (Å²) < 4.78 is 5.79. The Labute approximate surface area is 112 Å². The van der Waals surface area contributed by atoms with Gasteiger partial charge in [-0.1, -0.05) is 12.1 Å². The Morgan fingerprint density at radius 1 is 1.11 bits per heavy atom. The van der Waals surface area contributed by atoms with Crippen molar-refractivity contribution in [3.05, 3.63) is 53.6 Å². The molecule has 0 amide bonds. The summed E-state index contributed by atoms with van der Waals surface area (Å²) in [5.74, 6) is 0.887. The summed E-state index contributed by atoms with van der Waals surface area (Å²) in [6, 6.07) is 14.1. The lowest BCUT2D eigenvalue weighted by atomic mass is 10.2. The summed E-state index contributed by atoms with van der Waals surface area (Å²) in [4.78, 5) is 1.27. The number of nitrogen functional groups attached to an aromatic ring is 1. The van der Waals surface area contributed by atoms with Crippen LogP contribution in [0.2, 0.25) is 0 Å². The molecule has 2 rings (SSSR count). The first kappa shape index (κ1) is 12.8. The molecule has 0 radical (unpaired) electrons. The van der Waals surface area contributed by atoms with Gasteiger partial charge in [-0.3, -0.25) is 0 Å². The van der Waals surface area contributed by atoms with Crippen LogP contribution in [0.15, 0.2) is 47.4 Å². The van der Waals surface area contributed by atoms with Crippen LogP contribution in [0.3, 0.4) is 0 Å². The van der Waals surface area contributed by atoms with Gasteiger partial charge in [-0.05, 0) is 54.6 Å². The van der Waals surface area contributed by atoms with E-state index in [0.717, 1.165) is 17.0 Å². The minimum absolute atomic E-state index is 0.583. The molecule has 0 saturated heterocycles. The SMILES string of the molecule is CSc1ccc(COc2ccc(N)cc2C)cc1. The summed E-state index contributed by atoms with van der Waals surface area (Å²) >= 11 is 1.74. The highest BCUT2D eigenvalue weighted by molar-refractivity contribution is 7.98. The smallest absolute Gasteiger partial charge is 0.122 e. The first-order valence-corrected chi connectivity index (χ1v) is 7.03. The van der Waals surface area contributed by atoms with E-state index in [0.29, 0.717) is 6.61 Å². The second-order valence-electron chi connectivity index (χ2n) is 4.16. The fourth-order valence-electron chi connectivity index (χ4n) is 1.72. The highest BCUT2D eigenvalue weighted by Gasteiger charge is 2.00. The van der Waals surface area contributed by atoms with Gasteiger partial charge in [-0.25, -0.2) is 0 Å². The van der Waals surface area contributed by atoms with E-state index in [1.54, 1.807) is 11.8 Å². The second kappa shape index (κ2) is 5.83. The quantitative estimate of drug-likeness (QED) is 0.668. The zero-order chi connectivity index (χ0) is 13.0. The third kappa shape index (κ3) is 3.20. The van der Waals surface area contributed by atoms with Crippen LogP contribution in [-0.4, -0.2) is 6.26 Å². The molecule has 0 aromatic heterocycles. The van der Waals surface area contributed by atoms with Gasteiger partial charge in [0.15, 0.2) is 0 Å². The van der Waals surface area contributed by atoms with Gasteiger partial charge in [-0.2, -0.15) is 0 Å². The van der Waals surface area contributed by atoms with E-state index < -0.39 is 0 Å². The Morgan fingerprint density at radius 3 is 2.44 bits per heavy atom. The molecule has 0 spiro atoms. The van der Waals surface area contributed by atoms with Crippen molar-refractivity contribution in [2.75, 3.05) is 12.0 Å². The largest absolute Gasteiger partial charge is 0.489 e. The van der Waals surface area contributed by atoms with Crippen LogP contribution in [-0.2, 0) is 6.61 Å². The Bertz CT molecular complexity index is 523. The fraction of sp³-hybridized carbons (Fsp3) is 0.200. The zero-order valence-electron chi connectivity index (χ0n) is 10.6. The van der Waals surface area contributed by atoms with E-state index in [9.17, 15) is 0 Å². The number of hydrogen-bond donors (Lipinski definition) is 1. The third-order valence-corrected chi connectivity index (χ3v) is 3.50. The molecule has 2 nitrogen and oxygen atoms in total. The first-order chi connectivity index (χ1) is 8.69. The molecule has 18 heavy (non-hydrogen) atoms. The number of benzene rings is 2. The number of thioether (sulfide) groups is 1. The van der Waals surface area contributed by atoms with Crippen LogP contribution in [0.1, 0.15) is 11.1 Å². The predicted octanol–water partition coefficient (Wildman–Crippen LogP) is 3.88. The minimum atomic E-state index is 0.583. The van der Waals surface area contributed by atoms with Crippen molar-refractivity contribution in [2.24, 2.45) is 0 Å². The van der Waals surface area contributed by atoms with Crippen molar-refractivity contribution in [1.82, 2.24) is 0 Å². The molecule has 0 aliphatic carbocycles. The van der Waals surface area contributed by atoms with Crippen molar-refractivity contribution in [3.63, 3.8) is 0 Å². The first-order valence-electron chi connectivity index (χ1n) is 5.81. The van der Waals surface area contributed by atoms with E-state index in [1.165, 1.54) is 10.5 Å². The summed E-state index contributed by atoms with van der Waals surface area (Å²) in [6.07, 6.45) is 2.07. The van der Waals surface area contributed by atoms with Crippen LogP contribution in [0, 0.1) is 6.92 Å². The van der Waals surface area contributed by atoms with Crippen LogP contribution in [0.25, 0.3) is 0 Å². The molecule has 0 bridgehead atoms. The summed E-state index contributed by atoms with van der Waals surface area (Å²) in [7, 11) is 0. The molecule has 2 aromatic rings. The lowest BCUT2D eigenvalue weighted by Crippen LogP contribution is -1.97. The van der Waals surface area contributed by atoms with Crippen molar-refractivity contribution in [3.8, 4) is 5.75 Å². The number of hydrogen-bond acceptors (Lipinski definition) is 3.